The lowest BCUT2D eigenvalue weighted by Gasteiger charge is -2.12. The van der Waals surface area contributed by atoms with Gasteiger partial charge in [-0.1, -0.05) is 0 Å². The van der Waals surface area contributed by atoms with Crippen molar-refractivity contribution < 1.29 is 9.90 Å². The summed E-state index contributed by atoms with van der Waals surface area (Å²) in [5.74, 6) is -0.902. The molecule has 0 aliphatic carbocycles. The average Bonchev–Trinajstić information content (AvgIpc) is 1.94. The molecule has 4 nitrogen and oxygen atoms in total. The second-order valence-electron chi connectivity index (χ2n) is 2.49. The first-order chi connectivity index (χ1) is 5.11. The summed E-state index contributed by atoms with van der Waals surface area (Å²) in [5, 5.41) is 8.57. The Bertz CT molecular complexity index is 243. The van der Waals surface area contributed by atoms with Gasteiger partial charge in [0.15, 0.2) is 6.04 Å². The van der Waals surface area contributed by atoms with Crippen molar-refractivity contribution in [3.8, 4) is 0 Å². The molecule has 0 fully saturated rings. The fraction of sp³-hybridized carbons (Fsp3) is 0.571. The lowest BCUT2D eigenvalue weighted by molar-refractivity contribution is -0.138. The molecule has 0 bridgehead atoms. The molecule has 0 spiro atoms. The van der Waals surface area contributed by atoms with Crippen LogP contribution in [0.25, 0.3) is 0 Å². The molecule has 1 unspecified atom stereocenters. The van der Waals surface area contributed by atoms with Gasteiger partial charge in [0.25, 0.3) is 0 Å². The van der Waals surface area contributed by atoms with E-state index in [1.165, 1.54) is 0 Å². The third-order valence-electron chi connectivity index (χ3n) is 1.66. The van der Waals surface area contributed by atoms with Crippen molar-refractivity contribution in [2.75, 3.05) is 6.54 Å². The number of aliphatic imine (C=N–C) groups is 2. The molecule has 11 heavy (non-hydrogen) atoms. The van der Waals surface area contributed by atoms with E-state index in [4.69, 9.17) is 5.11 Å². The Morgan fingerprint density at radius 2 is 2.18 bits per heavy atom. The molecule has 1 N–H and O–H groups in total. The summed E-state index contributed by atoms with van der Waals surface area (Å²) >= 11 is 0. The summed E-state index contributed by atoms with van der Waals surface area (Å²) in [6.07, 6.45) is 0. The lowest BCUT2D eigenvalue weighted by atomic mass is 10.2. The molecule has 0 aromatic carbocycles. The molecule has 0 amide bonds. The maximum atomic E-state index is 10.4. The largest absolute Gasteiger partial charge is 0.480 e. The van der Waals surface area contributed by atoms with Gasteiger partial charge in [-0.3, -0.25) is 9.98 Å². The van der Waals surface area contributed by atoms with Crippen LogP contribution >= 0.6 is 0 Å². The van der Waals surface area contributed by atoms with Crippen molar-refractivity contribution in [3.05, 3.63) is 0 Å². The van der Waals surface area contributed by atoms with E-state index < -0.39 is 12.0 Å². The van der Waals surface area contributed by atoms with Gasteiger partial charge >= 0.3 is 5.97 Å². The Morgan fingerprint density at radius 3 is 2.64 bits per heavy atom. The second kappa shape index (κ2) is 2.82. The van der Waals surface area contributed by atoms with E-state index in [1.807, 2.05) is 6.92 Å². The van der Waals surface area contributed by atoms with Crippen LogP contribution < -0.4 is 0 Å². The SMILES string of the molecule is CC1=NCC(C(=O)O)N=C1C. The number of hydrogen-bond acceptors (Lipinski definition) is 3. The molecule has 0 saturated carbocycles. The van der Waals surface area contributed by atoms with Gasteiger partial charge in [0.05, 0.1) is 18.0 Å². The van der Waals surface area contributed by atoms with Gasteiger partial charge in [-0.25, -0.2) is 4.79 Å². The summed E-state index contributed by atoms with van der Waals surface area (Å²) in [6.45, 7) is 3.88. The zero-order chi connectivity index (χ0) is 8.43. The Labute approximate surface area is 64.7 Å². The van der Waals surface area contributed by atoms with Crippen molar-refractivity contribution in [2.24, 2.45) is 9.98 Å². The van der Waals surface area contributed by atoms with Crippen LogP contribution in [-0.4, -0.2) is 35.1 Å². The second-order valence-corrected chi connectivity index (χ2v) is 2.49. The van der Waals surface area contributed by atoms with Crippen LogP contribution in [0.2, 0.25) is 0 Å². The first kappa shape index (κ1) is 7.91. The van der Waals surface area contributed by atoms with Crippen LogP contribution in [0.5, 0.6) is 0 Å². The van der Waals surface area contributed by atoms with E-state index in [0.717, 1.165) is 11.4 Å². The van der Waals surface area contributed by atoms with Gasteiger partial charge in [0.2, 0.25) is 0 Å². The predicted molar refractivity (Wildman–Crippen MR) is 42.5 cm³/mol. The lowest BCUT2D eigenvalue weighted by Crippen LogP contribution is -2.28. The van der Waals surface area contributed by atoms with Crippen molar-refractivity contribution in [3.63, 3.8) is 0 Å². The molecular weight excluding hydrogens is 144 g/mol. The highest BCUT2D eigenvalue weighted by Gasteiger charge is 2.19. The van der Waals surface area contributed by atoms with Crippen LogP contribution in [-0.2, 0) is 4.79 Å². The van der Waals surface area contributed by atoms with Gasteiger partial charge in [-0.05, 0) is 13.8 Å². The Morgan fingerprint density at radius 1 is 1.55 bits per heavy atom. The molecule has 1 rings (SSSR count). The van der Waals surface area contributed by atoms with E-state index in [2.05, 4.69) is 9.98 Å². The highest BCUT2D eigenvalue weighted by Crippen LogP contribution is 2.01. The molecule has 1 aliphatic rings. The van der Waals surface area contributed by atoms with E-state index in [-0.39, 0.29) is 6.54 Å². The van der Waals surface area contributed by atoms with E-state index in [9.17, 15) is 4.79 Å². The van der Waals surface area contributed by atoms with Crippen molar-refractivity contribution in [2.45, 2.75) is 19.9 Å². The van der Waals surface area contributed by atoms with Gasteiger partial charge in [0, 0.05) is 0 Å². The fourth-order valence-electron chi connectivity index (χ4n) is 0.839. The summed E-state index contributed by atoms with van der Waals surface area (Å²) in [4.78, 5) is 18.4. The number of nitrogens with zero attached hydrogens (tertiary/aromatic N) is 2. The third kappa shape index (κ3) is 1.63. The van der Waals surface area contributed by atoms with Crippen LogP contribution in [0, 0.1) is 0 Å². The minimum Gasteiger partial charge on any atom is -0.480 e. The van der Waals surface area contributed by atoms with Crippen molar-refractivity contribution >= 4 is 17.4 Å². The number of hydrogen-bond donors (Lipinski definition) is 1. The van der Waals surface area contributed by atoms with E-state index in [1.54, 1.807) is 6.92 Å². The molecule has 0 aromatic heterocycles. The molecular formula is C7H10N2O2. The Kier molecular flexibility index (Phi) is 2.03. The monoisotopic (exact) mass is 154 g/mol. The maximum absolute atomic E-state index is 10.4. The number of carbonyl (C=O) groups is 1. The standard InChI is InChI=1S/C7H10N2O2/c1-4-5(2)9-6(3-8-4)7(10)11/h6H,3H2,1-2H3,(H,10,11). The zero-order valence-electron chi connectivity index (χ0n) is 6.53. The average molecular weight is 154 g/mol. The summed E-state index contributed by atoms with van der Waals surface area (Å²) < 4.78 is 0. The van der Waals surface area contributed by atoms with Crippen molar-refractivity contribution in [1.29, 1.82) is 0 Å². The van der Waals surface area contributed by atoms with Crippen LogP contribution in [0.3, 0.4) is 0 Å². The normalized spacial score (nSPS) is 24.0. The van der Waals surface area contributed by atoms with Gasteiger partial charge in [0.1, 0.15) is 0 Å². The summed E-state index contributed by atoms with van der Waals surface area (Å²) in [5.41, 5.74) is 1.56. The molecule has 0 radical (unpaired) electrons. The predicted octanol–water partition coefficient (Wildman–Crippen LogP) is 0.375. The van der Waals surface area contributed by atoms with Crippen LogP contribution in [0.4, 0.5) is 0 Å². The molecule has 0 aromatic rings. The number of aliphatic carboxylic acids is 1. The molecule has 60 valence electrons. The van der Waals surface area contributed by atoms with Gasteiger partial charge < -0.3 is 5.11 Å². The molecule has 4 heteroatoms. The Balaban J connectivity index is 2.77. The minimum absolute atomic E-state index is 0.276. The number of rotatable bonds is 1. The molecule has 0 saturated heterocycles. The summed E-state index contributed by atoms with van der Waals surface area (Å²) in [6, 6.07) is -0.668. The number of carboxylic acids is 1. The molecule has 1 atom stereocenters. The van der Waals surface area contributed by atoms with E-state index in [0.29, 0.717) is 0 Å². The highest BCUT2D eigenvalue weighted by atomic mass is 16.4. The Hall–Kier alpha value is -1.19. The van der Waals surface area contributed by atoms with E-state index >= 15 is 0 Å². The smallest absolute Gasteiger partial charge is 0.330 e. The highest BCUT2D eigenvalue weighted by molar-refractivity contribution is 6.41. The number of carboxylic acid groups (broad SMARTS) is 1. The zero-order valence-corrected chi connectivity index (χ0v) is 6.53. The molecule has 1 heterocycles. The van der Waals surface area contributed by atoms with Crippen LogP contribution in [0.15, 0.2) is 9.98 Å². The molecule has 1 aliphatic heterocycles. The van der Waals surface area contributed by atoms with Crippen LogP contribution in [0.1, 0.15) is 13.8 Å². The summed E-state index contributed by atoms with van der Waals surface area (Å²) in [7, 11) is 0. The van der Waals surface area contributed by atoms with Gasteiger partial charge in [-0.2, -0.15) is 0 Å². The first-order valence-corrected chi connectivity index (χ1v) is 3.40. The fourth-order valence-corrected chi connectivity index (χ4v) is 0.839. The maximum Gasteiger partial charge on any atom is 0.330 e. The van der Waals surface area contributed by atoms with Gasteiger partial charge in [-0.15, -0.1) is 0 Å². The minimum atomic E-state index is -0.902. The van der Waals surface area contributed by atoms with Crippen molar-refractivity contribution in [1.82, 2.24) is 0 Å². The third-order valence-corrected chi connectivity index (χ3v) is 1.66. The first-order valence-electron chi connectivity index (χ1n) is 3.40. The quantitative estimate of drug-likeness (QED) is 0.593. The topological polar surface area (TPSA) is 62.0 Å².